The SMILES string of the molecule is CCC(N)C(C)(N)CC. The summed E-state index contributed by atoms with van der Waals surface area (Å²) in [6.07, 6.45) is 1.91. The van der Waals surface area contributed by atoms with Crippen LogP contribution in [0.4, 0.5) is 0 Å². The van der Waals surface area contributed by atoms with Gasteiger partial charge >= 0.3 is 0 Å². The molecule has 0 spiro atoms. The number of nitrogens with two attached hydrogens (primary N) is 2. The van der Waals surface area contributed by atoms with Gasteiger partial charge in [-0.1, -0.05) is 13.8 Å². The van der Waals surface area contributed by atoms with Gasteiger partial charge in [0.05, 0.1) is 0 Å². The third-order valence-electron chi connectivity index (χ3n) is 2.05. The summed E-state index contributed by atoms with van der Waals surface area (Å²) in [6.45, 7) is 6.13. The molecule has 2 atom stereocenters. The van der Waals surface area contributed by atoms with E-state index in [1.165, 1.54) is 0 Å². The highest BCUT2D eigenvalue weighted by molar-refractivity contribution is 4.87. The second-order valence-corrected chi connectivity index (χ2v) is 2.87. The lowest BCUT2D eigenvalue weighted by Crippen LogP contribution is -2.52. The minimum Gasteiger partial charge on any atom is -0.326 e. The normalized spacial score (nSPS) is 21.0. The summed E-state index contributed by atoms with van der Waals surface area (Å²) >= 11 is 0. The number of rotatable bonds is 3. The number of hydrogen-bond donors (Lipinski definition) is 2. The van der Waals surface area contributed by atoms with Crippen LogP contribution < -0.4 is 11.5 Å². The molecule has 2 unspecified atom stereocenters. The van der Waals surface area contributed by atoms with E-state index in [0.717, 1.165) is 12.8 Å². The third kappa shape index (κ3) is 2.33. The lowest BCUT2D eigenvalue weighted by atomic mass is 9.90. The van der Waals surface area contributed by atoms with Crippen molar-refractivity contribution in [3.05, 3.63) is 0 Å². The first-order valence-corrected chi connectivity index (χ1v) is 3.59. The average Bonchev–Trinajstić information content (AvgIpc) is 1.86. The van der Waals surface area contributed by atoms with Crippen molar-refractivity contribution < 1.29 is 0 Å². The van der Waals surface area contributed by atoms with Crippen molar-refractivity contribution in [2.24, 2.45) is 11.5 Å². The van der Waals surface area contributed by atoms with E-state index in [0.29, 0.717) is 0 Å². The first-order valence-electron chi connectivity index (χ1n) is 3.59. The molecule has 0 bridgehead atoms. The van der Waals surface area contributed by atoms with Crippen LogP contribution in [0.25, 0.3) is 0 Å². The van der Waals surface area contributed by atoms with Gasteiger partial charge in [0.15, 0.2) is 0 Å². The molecule has 0 aromatic carbocycles. The topological polar surface area (TPSA) is 52.0 Å². The standard InChI is InChI=1S/C7H18N2/c1-4-6(8)7(3,9)5-2/h6H,4-5,8-9H2,1-3H3. The van der Waals surface area contributed by atoms with Crippen molar-refractivity contribution in [1.82, 2.24) is 0 Å². The van der Waals surface area contributed by atoms with Crippen LogP contribution >= 0.6 is 0 Å². The molecule has 0 radical (unpaired) electrons. The molecule has 0 saturated heterocycles. The van der Waals surface area contributed by atoms with Crippen molar-refractivity contribution in [2.45, 2.75) is 45.2 Å². The minimum atomic E-state index is -0.172. The van der Waals surface area contributed by atoms with E-state index in [9.17, 15) is 0 Å². The summed E-state index contributed by atoms with van der Waals surface area (Å²) in [5, 5.41) is 0. The van der Waals surface area contributed by atoms with Gasteiger partial charge in [-0.05, 0) is 19.8 Å². The van der Waals surface area contributed by atoms with Crippen LogP contribution in [0.15, 0.2) is 0 Å². The molecule has 56 valence electrons. The molecule has 0 heterocycles. The van der Waals surface area contributed by atoms with Crippen LogP contribution in [-0.2, 0) is 0 Å². The summed E-state index contributed by atoms with van der Waals surface area (Å²) in [7, 11) is 0. The second-order valence-electron chi connectivity index (χ2n) is 2.87. The zero-order valence-electron chi connectivity index (χ0n) is 6.65. The molecule has 2 nitrogen and oxygen atoms in total. The van der Waals surface area contributed by atoms with Crippen LogP contribution in [0, 0.1) is 0 Å². The fourth-order valence-electron chi connectivity index (χ4n) is 0.729. The second kappa shape index (κ2) is 3.18. The summed E-state index contributed by atoms with van der Waals surface area (Å²) < 4.78 is 0. The highest BCUT2D eigenvalue weighted by Crippen LogP contribution is 2.10. The maximum absolute atomic E-state index is 5.85. The Balaban J connectivity index is 3.80. The Labute approximate surface area is 57.6 Å². The van der Waals surface area contributed by atoms with Crippen molar-refractivity contribution in [2.75, 3.05) is 0 Å². The number of hydrogen-bond acceptors (Lipinski definition) is 2. The highest BCUT2D eigenvalue weighted by atomic mass is 14.8. The lowest BCUT2D eigenvalue weighted by Gasteiger charge is -2.29. The third-order valence-corrected chi connectivity index (χ3v) is 2.05. The zero-order chi connectivity index (χ0) is 7.49. The molecule has 9 heavy (non-hydrogen) atoms. The van der Waals surface area contributed by atoms with Gasteiger partial charge in [-0.25, -0.2) is 0 Å². The Morgan fingerprint density at radius 2 is 1.89 bits per heavy atom. The molecule has 0 fully saturated rings. The monoisotopic (exact) mass is 130 g/mol. The van der Waals surface area contributed by atoms with E-state index in [4.69, 9.17) is 11.5 Å². The van der Waals surface area contributed by atoms with E-state index >= 15 is 0 Å². The van der Waals surface area contributed by atoms with Gasteiger partial charge in [0.2, 0.25) is 0 Å². The quantitative estimate of drug-likeness (QED) is 0.595. The largest absolute Gasteiger partial charge is 0.326 e. The maximum Gasteiger partial charge on any atom is 0.0276 e. The van der Waals surface area contributed by atoms with E-state index in [-0.39, 0.29) is 11.6 Å². The first kappa shape index (κ1) is 8.92. The Morgan fingerprint density at radius 1 is 1.44 bits per heavy atom. The van der Waals surface area contributed by atoms with Crippen LogP contribution in [-0.4, -0.2) is 11.6 Å². The minimum absolute atomic E-state index is 0.141. The fraction of sp³-hybridized carbons (Fsp3) is 1.00. The average molecular weight is 130 g/mol. The molecular weight excluding hydrogens is 112 g/mol. The van der Waals surface area contributed by atoms with E-state index in [1.807, 2.05) is 6.92 Å². The molecule has 0 rings (SSSR count). The smallest absolute Gasteiger partial charge is 0.0276 e. The highest BCUT2D eigenvalue weighted by Gasteiger charge is 2.22. The summed E-state index contributed by atoms with van der Waals surface area (Å²) in [5.41, 5.74) is 11.4. The van der Waals surface area contributed by atoms with E-state index < -0.39 is 0 Å². The van der Waals surface area contributed by atoms with Crippen molar-refractivity contribution in [1.29, 1.82) is 0 Å². The summed E-state index contributed by atoms with van der Waals surface area (Å²) in [5.74, 6) is 0. The van der Waals surface area contributed by atoms with Gasteiger partial charge in [0.25, 0.3) is 0 Å². The Morgan fingerprint density at radius 3 is 2.00 bits per heavy atom. The zero-order valence-corrected chi connectivity index (χ0v) is 6.65. The van der Waals surface area contributed by atoms with Crippen molar-refractivity contribution in [3.63, 3.8) is 0 Å². The van der Waals surface area contributed by atoms with Gasteiger partial charge in [0.1, 0.15) is 0 Å². The summed E-state index contributed by atoms with van der Waals surface area (Å²) in [6, 6.07) is 0.141. The van der Waals surface area contributed by atoms with Crippen LogP contribution in [0.2, 0.25) is 0 Å². The van der Waals surface area contributed by atoms with E-state index in [1.54, 1.807) is 0 Å². The maximum atomic E-state index is 5.85. The van der Waals surface area contributed by atoms with Gasteiger partial charge in [-0.3, -0.25) is 0 Å². The Hall–Kier alpha value is -0.0800. The molecule has 0 aromatic rings. The Bertz CT molecular complexity index is 79.0. The van der Waals surface area contributed by atoms with Gasteiger partial charge < -0.3 is 11.5 Å². The first-order chi connectivity index (χ1) is 4.04. The Kier molecular flexibility index (Phi) is 3.15. The molecule has 0 saturated carbocycles. The lowest BCUT2D eigenvalue weighted by molar-refractivity contribution is 0.355. The predicted octanol–water partition coefficient (Wildman–Crippen LogP) is 0.851. The van der Waals surface area contributed by atoms with Crippen LogP contribution in [0.3, 0.4) is 0 Å². The molecule has 0 aliphatic rings. The molecule has 0 aliphatic carbocycles. The van der Waals surface area contributed by atoms with Gasteiger partial charge in [0, 0.05) is 11.6 Å². The van der Waals surface area contributed by atoms with Gasteiger partial charge in [-0.15, -0.1) is 0 Å². The van der Waals surface area contributed by atoms with Crippen LogP contribution in [0.1, 0.15) is 33.6 Å². The van der Waals surface area contributed by atoms with Gasteiger partial charge in [-0.2, -0.15) is 0 Å². The molecule has 2 heteroatoms. The molecule has 0 aromatic heterocycles. The molecule has 4 N–H and O–H groups in total. The fourth-order valence-corrected chi connectivity index (χ4v) is 0.729. The summed E-state index contributed by atoms with van der Waals surface area (Å²) in [4.78, 5) is 0. The van der Waals surface area contributed by atoms with Crippen LogP contribution in [0.5, 0.6) is 0 Å². The van der Waals surface area contributed by atoms with E-state index in [2.05, 4.69) is 13.8 Å². The van der Waals surface area contributed by atoms with Crippen molar-refractivity contribution >= 4 is 0 Å². The predicted molar refractivity (Wildman–Crippen MR) is 41.1 cm³/mol. The van der Waals surface area contributed by atoms with Crippen molar-refractivity contribution in [3.8, 4) is 0 Å². The molecule has 0 aliphatic heterocycles. The molecule has 0 amide bonds. The molecular formula is C7H18N2.